The molecule has 2 nitrogen and oxygen atoms in total. The molecule has 0 saturated carbocycles. The zero-order chi connectivity index (χ0) is 11.3. The maximum absolute atomic E-state index is 9.51. The summed E-state index contributed by atoms with van der Waals surface area (Å²) in [5.74, 6) is 1.51. The van der Waals surface area contributed by atoms with Gasteiger partial charge in [0.15, 0.2) is 11.5 Å². The molecule has 1 rings (SSSR count). The minimum atomic E-state index is -0.0141. The number of thioether (sulfide) groups is 1. The summed E-state index contributed by atoms with van der Waals surface area (Å²) in [6.07, 6.45) is 2.02. The van der Waals surface area contributed by atoms with Crippen molar-refractivity contribution in [3.05, 3.63) is 23.8 Å². The fraction of sp³-hybridized carbons (Fsp3) is 0.455. The molecule has 0 unspecified atom stereocenters. The minimum Gasteiger partial charge on any atom is -0.504 e. The van der Waals surface area contributed by atoms with Crippen molar-refractivity contribution in [2.45, 2.75) is 12.7 Å². The van der Waals surface area contributed by atoms with Gasteiger partial charge in [-0.2, -0.15) is 11.8 Å². The molecular formula is C11H15BO2S. The van der Waals surface area contributed by atoms with Gasteiger partial charge < -0.3 is 9.84 Å². The first-order chi connectivity index (χ1) is 7.19. The van der Waals surface area contributed by atoms with E-state index in [2.05, 4.69) is 0 Å². The predicted molar refractivity (Wildman–Crippen MR) is 66.2 cm³/mol. The fourth-order valence-corrected chi connectivity index (χ4v) is 1.86. The van der Waals surface area contributed by atoms with E-state index in [0.717, 1.165) is 11.3 Å². The van der Waals surface area contributed by atoms with E-state index >= 15 is 0 Å². The average Bonchev–Trinajstić information content (AvgIpc) is 2.22. The van der Waals surface area contributed by atoms with Crippen LogP contribution in [0.4, 0.5) is 0 Å². The van der Waals surface area contributed by atoms with Gasteiger partial charge in [0.05, 0.1) is 14.5 Å². The largest absolute Gasteiger partial charge is 0.504 e. The maximum Gasteiger partial charge on any atom is 0.161 e. The number of phenols is 1. The van der Waals surface area contributed by atoms with Crippen molar-refractivity contribution in [2.24, 2.45) is 0 Å². The minimum absolute atomic E-state index is 0.0141. The summed E-state index contributed by atoms with van der Waals surface area (Å²) in [4.78, 5) is 0. The lowest BCUT2D eigenvalue weighted by molar-refractivity contribution is 0.318. The van der Waals surface area contributed by atoms with E-state index in [1.807, 2.05) is 19.2 Å². The summed E-state index contributed by atoms with van der Waals surface area (Å²) in [6.45, 7) is 2.42. The highest BCUT2D eigenvalue weighted by atomic mass is 32.2. The Bertz CT molecular complexity index is 317. The van der Waals surface area contributed by atoms with Crippen molar-refractivity contribution in [1.82, 2.24) is 0 Å². The van der Waals surface area contributed by atoms with Gasteiger partial charge in [-0.15, -0.1) is 0 Å². The normalized spacial score (nSPS) is 12.4. The van der Waals surface area contributed by atoms with Crippen LogP contribution in [0.3, 0.4) is 0 Å². The van der Waals surface area contributed by atoms with Crippen LogP contribution in [0.15, 0.2) is 18.2 Å². The van der Waals surface area contributed by atoms with E-state index in [4.69, 9.17) is 12.6 Å². The van der Waals surface area contributed by atoms with Crippen LogP contribution in [0.2, 0.25) is 0 Å². The zero-order valence-electron chi connectivity index (χ0n) is 9.06. The van der Waals surface area contributed by atoms with Crippen molar-refractivity contribution in [3.8, 4) is 11.5 Å². The number of phenolic OH excluding ortho intramolecular Hbond substituents is 1. The number of ether oxygens (including phenoxy) is 1. The third-order valence-corrected chi connectivity index (χ3v) is 2.75. The summed E-state index contributed by atoms with van der Waals surface area (Å²) in [7, 11) is 5.96. The van der Waals surface area contributed by atoms with Gasteiger partial charge in [-0.25, -0.2) is 0 Å². The Balaban J connectivity index is 2.86. The highest BCUT2D eigenvalue weighted by molar-refractivity contribution is 7.98. The molecule has 0 heterocycles. The molecule has 0 spiro atoms. The molecule has 1 N–H and O–H groups in total. The maximum atomic E-state index is 9.51. The second kappa shape index (κ2) is 5.96. The topological polar surface area (TPSA) is 29.5 Å². The van der Waals surface area contributed by atoms with Gasteiger partial charge in [0, 0.05) is 0 Å². The molecule has 0 amide bonds. The summed E-state index contributed by atoms with van der Waals surface area (Å²) < 4.78 is 5.29. The van der Waals surface area contributed by atoms with Crippen LogP contribution in [0, 0.1) is 0 Å². The Labute approximate surface area is 96.4 Å². The molecule has 1 atom stereocenters. The molecular weight excluding hydrogens is 207 g/mol. The van der Waals surface area contributed by atoms with Crippen LogP contribution >= 0.6 is 11.8 Å². The molecule has 0 aliphatic carbocycles. The van der Waals surface area contributed by atoms with Gasteiger partial charge in [-0.3, -0.25) is 0 Å². The number of benzene rings is 1. The zero-order valence-corrected chi connectivity index (χ0v) is 9.88. The van der Waals surface area contributed by atoms with Gasteiger partial charge in [0.25, 0.3) is 0 Å². The van der Waals surface area contributed by atoms with E-state index in [-0.39, 0.29) is 11.6 Å². The first-order valence-corrected chi connectivity index (χ1v) is 6.28. The molecule has 0 fully saturated rings. The summed E-state index contributed by atoms with van der Waals surface area (Å²) in [5, 5.41) is 9.51. The SMILES string of the molecule is [B][C@@H](CSC)c1ccc(O)c(OCC)c1. The van der Waals surface area contributed by atoms with Gasteiger partial charge in [-0.1, -0.05) is 6.07 Å². The van der Waals surface area contributed by atoms with Crippen LogP contribution < -0.4 is 4.74 Å². The Kier molecular flexibility index (Phi) is 4.89. The lowest BCUT2D eigenvalue weighted by atomic mass is 9.83. The number of rotatable bonds is 5. The highest BCUT2D eigenvalue weighted by Gasteiger charge is 2.08. The molecule has 0 aromatic heterocycles. The lowest BCUT2D eigenvalue weighted by Crippen LogP contribution is -2.02. The number of aromatic hydroxyl groups is 1. The molecule has 4 heteroatoms. The first kappa shape index (κ1) is 12.3. The molecule has 0 saturated heterocycles. The Morgan fingerprint density at radius 1 is 1.53 bits per heavy atom. The van der Waals surface area contributed by atoms with Gasteiger partial charge >= 0.3 is 0 Å². The molecule has 1 aromatic carbocycles. The Morgan fingerprint density at radius 2 is 2.27 bits per heavy atom. The second-order valence-electron chi connectivity index (χ2n) is 3.22. The Hall–Kier alpha value is -0.765. The van der Waals surface area contributed by atoms with Crippen molar-refractivity contribution in [3.63, 3.8) is 0 Å². The number of hydrogen-bond donors (Lipinski definition) is 1. The summed E-state index contributed by atoms with van der Waals surface area (Å²) in [5.41, 5.74) is 0.991. The molecule has 80 valence electrons. The van der Waals surface area contributed by atoms with E-state index in [1.165, 1.54) is 0 Å². The van der Waals surface area contributed by atoms with Gasteiger partial charge in [-0.05, 0) is 42.4 Å². The van der Waals surface area contributed by atoms with Crippen LogP contribution in [-0.2, 0) is 0 Å². The third kappa shape index (κ3) is 3.38. The molecule has 15 heavy (non-hydrogen) atoms. The summed E-state index contributed by atoms with van der Waals surface area (Å²) >= 11 is 1.70. The smallest absolute Gasteiger partial charge is 0.161 e. The van der Waals surface area contributed by atoms with E-state index < -0.39 is 0 Å². The number of hydrogen-bond acceptors (Lipinski definition) is 3. The Morgan fingerprint density at radius 3 is 2.87 bits per heavy atom. The fourth-order valence-electron chi connectivity index (χ4n) is 1.31. The van der Waals surface area contributed by atoms with Crippen LogP contribution in [-0.4, -0.2) is 31.6 Å². The van der Waals surface area contributed by atoms with Crippen LogP contribution in [0.25, 0.3) is 0 Å². The van der Waals surface area contributed by atoms with Crippen molar-refractivity contribution in [2.75, 3.05) is 18.6 Å². The first-order valence-electron chi connectivity index (χ1n) is 4.89. The monoisotopic (exact) mass is 222 g/mol. The lowest BCUT2D eigenvalue weighted by Gasteiger charge is -2.13. The predicted octanol–water partition coefficient (Wildman–Crippen LogP) is 2.36. The van der Waals surface area contributed by atoms with E-state index in [9.17, 15) is 5.11 Å². The van der Waals surface area contributed by atoms with E-state index in [1.54, 1.807) is 23.9 Å². The van der Waals surface area contributed by atoms with Crippen molar-refractivity contribution >= 4 is 19.6 Å². The van der Waals surface area contributed by atoms with Crippen molar-refractivity contribution in [1.29, 1.82) is 0 Å². The standard InChI is InChI=1S/C11H15BO2S/c1-3-14-11-6-8(4-5-10(11)13)9(12)7-15-2/h4-6,9,13H,3,7H2,1-2H3/t9-/m0/s1. The molecule has 0 aliphatic rings. The molecule has 0 aliphatic heterocycles. The van der Waals surface area contributed by atoms with Crippen LogP contribution in [0.1, 0.15) is 18.3 Å². The second-order valence-corrected chi connectivity index (χ2v) is 4.13. The van der Waals surface area contributed by atoms with Gasteiger partial charge in [0.1, 0.15) is 0 Å². The van der Waals surface area contributed by atoms with E-state index in [0.29, 0.717) is 12.4 Å². The quantitative estimate of drug-likeness (QED) is 0.775. The van der Waals surface area contributed by atoms with Crippen molar-refractivity contribution < 1.29 is 9.84 Å². The summed E-state index contributed by atoms with van der Waals surface area (Å²) in [6, 6.07) is 5.26. The van der Waals surface area contributed by atoms with Crippen LogP contribution in [0.5, 0.6) is 11.5 Å². The molecule has 1 aromatic rings. The molecule has 0 bridgehead atoms. The third-order valence-electron chi connectivity index (χ3n) is 2.06. The molecule has 2 radical (unpaired) electrons. The average molecular weight is 222 g/mol. The highest BCUT2D eigenvalue weighted by Crippen LogP contribution is 2.29. The van der Waals surface area contributed by atoms with Gasteiger partial charge in [0.2, 0.25) is 0 Å².